The third-order valence-corrected chi connectivity index (χ3v) is 6.90. The number of benzene rings is 2. The van der Waals surface area contributed by atoms with E-state index in [2.05, 4.69) is 0 Å². The van der Waals surface area contributed by atoms with Crippen molar-refractivity contribution in [3.05, 3.63) is 46.6 Å². The van der Waals surface area contributed by atoms with Crippen molar-refractivity contribution in [1.82, 2.24) is 0 Å². The van der Waals surface area contributed by atoms with E-state index < -0.39 is 91.2 Å². The predicted octanol–water partition coefficient (Wildman–Crippen LogP) is -1.78. The summed E-state index contributed by atoms with van der Waals surface area (Å²) in [4.78, 5) is 12.8. The zero-order valence-corrected chi connectivity index (χ0v) is 21.0. The number of rotatable bonds is 6. The summed E-state index contributed by atoms with van der Waals surface area (Å²) in [7, 11) is 0. The first-order valence-electron chi connectivity index (χ1n) is 12.4. The number of ether oxygens (including phenoxy) is 4. The number of hydrogen-bond acceptors (Lipinski definition) is 15. The molecule has 222 valence electrons. The fourth-order valence-corrected chi connectivity index (χ4v) is 4.60. The topological polar surface area (TPSA) is 249 Å². The molecule has 9 N–H and O–H groups in total. The lowest BCUT2D eigenvalue weighted by Crippen LogP contribution is -2.63. The van der Waals surface area contributed by atoms with E-state index in [4.69, 9.17) is 23.4 Å². The molecule has 0 amide bonds. The normalized spacial score (nSPS) is 32.2. The van der Waals surface area contributed by atoms with Gasteiger partial charge < -0.3 is 69.3 Å². The molecule has 3 aromatic rings. The van der Waals surface area contributed by atoms with Crippen molar-refractivity contribution >= 4 is 11.0 Å². The largest absolute Gasteiger partial charge is 0.508 e. The maximum Gasteiger partial charge on any atom is 0.229 e. The van der Waals surface area contributed by atoms with Crippen LogP contribution in [-0.2, 0) is 14.2 Å². The summed E-state index contributed by atoms with van der Waals surface area (Å²) in [6.07, 6.45) is -14.9. The second-order valence-corrected chi connectivity index (χ2v) is 9.64. The molecule has 0 bridgehead atoms. The zero-order chi connectivity index (χ0) is 29.6. The highest BCUT2D eigenvalue weighted by Crippen LogP contribution is 2.43. The van der Waals surface area contributed by atoms with E-state index in [9.17, 15) is 50.8 Å². The molecule has 1 aromatic heterocycles. The van der Waals surface area contributed by atoms with E-state index in [0.29, 0.717) is 5.56 Å². The maximum absolute atomic E-state index is 12.8. The summed E-state index contributed by atoms with van der Waals surface area (Å²) in [6.45, 7) is -1.22. The van der Waals surface area contributed by atoms with Crippen molar-refractivity contribution in [1.29, 1.82) is 0 Å². The van der Waals surface area contributed by atoms with E-state index in [1.54, 1.807) is 0 Å². The van der Waals surface area contributed by atoms with Crippen molar-refractivity contribution in [2.24, 2.45) is 0 Å². The predicted molar refractivity (Wildman–Crippen MR) is 134 cm³/mol. The van der Waals surface area contributed by atoms with E-state index in [1.165, 1.54) is 24.3 Å². The Kier molecular flexibility index (Phi) is 8.06. The number of aliphatic hydroxyl groups excluding tert-OH is 6. The second-order valence-electron chi connectivity index (χ2n) is 9.64. The number of hydrogen-bond donors (Lipinski definition) is 9. The fraction of sp³-hybridized carbons (Fsp3) is 0.423. The van der Waals surface area contributed by atoms with E-state index in [-0.39, 0.29) is 22.5 Å². The third kappa shape index (κ3) is 5.42. The Morgan fingerprint density at radius 3 is 2.24 bits per heavy atom. The quantitative estimate of drug-likeness (QED) is 0.146. The highest BCUT2D eigenvalue weighted by atomic mass is 16.8. The van der Waals surface area contributed by atoms with Crippen molar-refractivity contribution in [2.75, 3.05) is 13.2 Å². The van der Waals surface area contributed by atoms with Gasteiger partial charge in [-0.25, -0.2) is 0 Å². The molecular formula is C26H28O15. The molecule has 15 heteroatoms. The Bertz CT molecular complexity index is 1440. The average molecular weight is 580 g/mol. The van der Waals surface area contributed by atoms with Gasteiger partial charge in [0, 0.05) is 17.7 Å². The van der Waals surface area contributed by atoms with Gasteiger partial charge in [0.2, 0.25) is 12.0 Å². The van der Waals surface area contributed by atoms with Gasteiger partial charge in [-0.3, -0.25) is 4.79 Å². The van der Waals surface area contributed by atoms with Crippen molar-refractivity contribution in [3.63, 3.8) is 0 Å². The summed E-state index contributed by atoms with van der Waals surface area (Å²) < 4.78 is 27.7. The standard InChI is InChI=1S/C26H28O15/c27-7-16-20(33)22(35)24(41-25-23(36)18(31)12(30)8-37-25)26(40-16)39-15-6-14-17(21(34)19(15)32)11(29)5-13(38-14)9-1-3-10(28)4-2-9/h1-6,12,16,18,20,22-28,30-36H,7-8H2/t12-,16-,18+,20-,22+,23-,24-,25+,26-/m1/s1. The average Bonchev–Trinajstić information content (AvgIpc) is 2.95. The van der Waals surface area contributed by atoms with E-state index >= 15 is 0 Å². The van der Waals surface area contributed by atoms with Gasteiger partial charge in [0.15, 0.2) is 29.3 Å². The van der Waals surface area contributed by atoms with Crippen LogP contribution in [0.25, 0.3) is 22.3 Å². The van der Waals surface area contributed by atoms with Crippen LogP contribution in [0.4, 0.5) is 0 Å². The Balaban J connectivity index is 1.51. The number of aliphatic hydroxyl groups is 6. The van der Waals surface area contributed by atoms with Crippen molar-refractivity contribution < 1.29 is 69.3 Å². The van der Waals surface area contributed by atoms with Gasteiger partial charge in [0.1, 0.15) is 59.1 Å². The molecule has 2 aliphatic rings. The van der Waals surface area contributed by atoms with Gasteiger partial charge in [-0.2, -0.15) is 0 Å². The van der Waals surface area contributed by atoms with Crippen LogP contribution in [0.3, 0.4) is 0 Å². The maximum atomic E-state index is 12.8. The minimum absolute atomic E-state index is 0.0234. The monoisotopic (exact) mass is 580 g/mol. The fourth-order valence-electron chi connectivity index (χ4n) is 4.60. The molecule has 2 aliphatic heterocycles. The van der Waals surface area contributed by atoms with Crippen LogP contribution >= 0.6 is 0 Å². The smallest absolute Gasteiger partial charge is 0.229 e. The summed E-state index contributed by atoms with van der Waals surface area (Å²) in [5.74, 6) is -2.32. The minimum atomic E-state index is -1.83. The molecule has 2 aromatic carbocycles. The van der Waals surface area contributed by atoms with Crippen molar-refractivity contribution in [2.45, 2.75) is 55.3 Å². The van der Waals surface area contributed by atoms with Gasteiger partial charge in [-0.05, 0) is 24.3 Å². The highest BCUT2D eigenvalue weighted by Gasteiger charge is 2.50. The molecule has 0 spiro atoms. The first-order valence-corrected chi connectivity index (χ1v) is 12.4. The molecule has 5 rings (SSSR count). The van der Waals surface area contributed by atoms with Crippen LogP contribution in [0.15, 0.2) is 45.6 Å². The zero-order valence-electron chi connectivity index (χ0n) is 21.0. The van der Waals surface area contributed by atoms with Crippen LogP contribution in [0.5, 0.6) is 23.0 Å². The van der Waals surface area contributed by atoms with Gasteiger partial charge >= 0.3 is 0 Å². The van der Waals surface area contributed by atoms with Crippen LogP contribution in [0.1, 0.15) is 0 Å². The molecule has 0 unspecified atom stereocenters. The third-order valence-electron chi connectivity index (χ3n) is 6.90. The highest BCUT2D eigenvalue weighted by molar-refractivity contribution is 5.89. The number of fused-ring (bicyclic) bond motifs is 1. The Labute approximate surface area is 230 Å². The molecule has 0 radical (unpaired) electrons. The number of phenolic OH excluding ortho intramolecular Hbond substituents is 3. The Hall–Kier alpha value is -3.51. The molecule has 3 heterocycles. The second kappa shape index (κ2) is 11.4. The van der Waals surface area contributed by atoms with Crippen LogP contribution in [0.2, 0.25) is 0 Å². The van der Waals surface area contributed by atoms with Gasteiger partial charge in [0.05, 0.1) is 13.2 Å². The molecule has 15 nitrogen and oxygen atoms in total. The minimum Gasteiger partial charge on any atom is -0.508 e. The SMILES string of the molecule is O=c1cc(-c2ccc(O)cc2)oc2cc(O[C@@H]3O[C@H](CO)[C@@H](O)[C@H](O)[C@H]3O[C@@H]3OC[C@@H](O)[C@H](O)[C@H]3O)c(O)c(O)c12. The Morgan fingerprint density at radius 1 is 0.854 bits per heavy atom. The van der Waals surface area contributed by atoms with Crippen LogP contribution < -0.4 is 10.2 Å². The molecular weight excluding hydrogens is 552 g/mol. The van der Waals surface area contributed by atoms with Crippen LogP contribution in [0, 0.1) is 0 Å². The molecule has 0 saturated carbocycles. The summed E-state index contributed by atoms with van der Waals surface area (Å²) in [5, 5.41) is 91.1. The lowest BCUT2D eigenvalue weighted by atomic mass is 9.98. The van der Waals surface area contributed by atoms with E-state index in [1.807, 2.05) is 0 Å². The van der Waals surface area contributed by atoms with Gasteiger partial charge in [-0.15, -0.1) is 0 Å². The molecule has 0 aliphatic carbocycles. The number of phenols is 3. The Morgan fingerprint density at radius 2 is 1.56 bits per heavy atom. The molecule has 41 heavy (non-hydrogen) atoms. The molecule has 9 atom stereocenters. The van der Waals surface area contributed by atoms with Crippen LogP contribution in [-0.4, -0.2) is 114 Å². The molecule has 2 fully saturated rings. The summed E-state index contributed by atoms with van der Waals surface area (Å²) >= 11 is 0. The van der Waals surface area contributed by atoms with Gasteiger partial charge in [0.25, 0.3) is 0 Å². The lowest BCUT2D eigenvalue weighted by Gasteiger charge is -2.44. The van der Waals surface area contributed by atoms with Gasteiger partial charge in [-0.1, -0.05) is 0 Å². The summed E-state index contributed by atoms with van der Waals surface area (Å²) in [5.41, 5.74) is -0.546. The van der Waals surface area contributed by atoms with E-state index in [0.717, 1.165) is 12.1 Å². The first kappa shape index (κ1) is 29.0. The summed E-state index contributed by atoms with van der Waals surface area (Å²) in [6, 6.07) is 7.82. The number of aromatic hydroxyl groups is 3. The lowest BCUT2D eigenvalue weighted by molar-refractivity contribution is -0.345. The first-order chi connectivity index (χ1) is 19.5. The van der Waals surface area contributed by atoms with Crippen molar-refractivity contribution in [3.8, 4) is 34.3 Å². The molecule has 2 saturated heterocycles.